The van der Waals surface area contributed by atoms with Gasteiger partial charge in [-0.1, -0.05) is 6.07 Å². The van der Waals surface area contributed by atoms with Gasteiger partial charge >= 0.3 is 0 Å². The zero-order valence-corrected chi connectivity index (χ0v) is 13.8. The average Bonchev–Trinajstić information content (AvgIpc) is 3.16. The van der Waals surface area contributed by atoms with Crippen LogP contribution in [0.5, 0.6) is 0 Å². The minimum Gasteiger partial charge on any atom is -0.353 e. The quantitative estimate of drug-likeness (QED) is 0.855. The Balaban J connectivity index is 1.55. The van der Waals surface area contributed by atoms with Gasteiger partial charge in [-0.3, -0.25) is 14.6 Å². The third kappa shape index (κ3) is 4.16. The highest BCUT2D eigenvalue weighted by Crippen LogP contribution is 2.23. The van der Waals surface area contributed by atoms with Crippen molar-refractivity contribution in [2.75, 3.05) is 6.54 Å². The van der Waals surface area contributed by atoms with Gasteiger partial charge in [0.05, 0.1) is 21.8 Å². The van der Waals surface area contributed by atoms with Crippen molar-refractivity contribution in [3.63, 3.8) is 0 Å². The van der Waals surface area contributed by atoms with Crippen molar-refractivity contribution in [2.24, 2.45) is 0 Å². The van der Waals surface area contributed by atoms with E-state index in [9.17, 15) is 9.59 Å². The minimum absolute atomic E-state index is 0.00399. The molecule has 1 fully saturated rings. The lowest BCUT2D eigenvalue weighted by Gasteiger charge is -2.08. The number of aromatic nitrogens is 1. The van der Waals surface area contributed by atoms with E-state index in [2.05, 4.69) is 15.6 Å². The molecule has 0 atom stereocenters. The van der Waals surface area contributed by atoms with Crippen molar-refractivity contribution in [2.45, 2.75) is 32.2 Å². The number of pyridine rings is 1. The average molecular weight is 329 g/mol. The number of nitrogens with one attached hydrogen (secondary N) is 2. The summed E-state index contributed by atoms with van der Waals surface area (Å²) in [6.07, 6.45) is 2.45. The molecule has 2 aromatic rings. The topological polar surface area (TPSA) is 71.1 Å². The van der Waals surface area contributed by atoms with Crippen LogP contribution in [0.4, 0.5) is 0 Å². The summed E-state index contributed by atoms with van der Waals surface area (Å²) >= 11 is 1.62. The molecule has 6 heteroatoms. The van der Waals surface area contributed by atoms with Crippen LogP contribution < -0.4 is 10.6 Å². The molecule has 2 heterocycles. The highest BCUT2D eigenvalue weighted by molar-refractivity contribution is 7.13. The van der Waals surface area contributed by atoms with Crippen molar-refractivity contribution in [1.29, 1.82) is 0 Å². The molecule has 120 valence electrons. The summed E-state index contributed by atoms with van der Waals surface area (Å²) in [4.78, 5) is 29.4. The first-order valence-corrected chi connectivity index (χ1v) is 8.60. The van der Waals surface area contributed by atoms with E-state index >= 15 is 0 Å². The molecule has 1 aliphatic rings. The number of nitrogens with zero attached hydrogens (tertiary/aromatic N) is 1. The van der Waals surface area contributed by atoms with Crippen LogP contribution in [0, 0.1) is 6.92 Å². The summed E-state index contributed by atoms with van der Waals surface area (Å²) < 4.78 is 0. The molecule has 0 saturated heterocycles. The van der Waals surface area contributed by atoms with Gasteiger partial charge in [0.2, 0.25) is 5.91 Å². The fourth-order valence-electron chi connectivity index (χ4n) is 2.27. The molecular formula is C17H19N3O2S. The maximum Gasteiger partial charge on any atom is 0.253 e. The molecule has 1 aliphatic carbocycles. The van der Waals surface area contributed by atoms with Crippen LogP contribution in [-0.4, -0.2) is 29.4 Å². The Labute approximate surface area is 139 Å². The van der Waals surface area contributed by atoms with Crippen molar-refractivity contribution >= 4 is 23.2 Å². The van der Waals surface area contributed by atoms with Gasteiger partial charge in [0.15, 0.2) is 0 Å². The van der Waals surface area contributed by atoms with E-state index in [-0.39, 0.29) is 11.8 Å². The van der Waals surface area contributed by atoms with E-state index in [1.807, 2.05) is 30.5 Å². The van der Waals surface area contributed by atoms with Crippen LogP contribution in [0.3, 0.4) is 0 Å². The summed E-state index contributed by atoms with van der Waals surface area (Å²) in [5.74, 6) is -0.192. The van der Waals surface area contributed by atoms with Crippen LogP contribution in [0.25, 0.3) is 10.6 Å². The van der Waals surface area contributed by atoms with E-state index in [1.54, 1.807) is 17.4 Å². The zero-order valence-electron chi connectivity index (χ0n) is 13.0. The monoisotopic (exact) mass is 329 g/mol. The summed E-state index contributed by atoms with van der Waals surface area (Å²) in [6, 6.07) is 7.98. The first-order chi connectivity index (χ1) is 11.1. The normalized spacial score (nSPS) is 13.6. The molecule has 23 heavy (non-hydrogen) atoms. The second-order valence-corrected chi connectivity index (χ2v) is 6.60. The van der Waals surface area contributed by atoms with Crippen molar-refractivity contribution in [1.82, 2.24) is 15.6 Å². The zero-order chi connectivity index (χ0) is 16.2. The summed E-state index contributed by atoms with van der Waals surface area (Å²) in [5, 5.41) is 7.68. The van der Waals surface area contributed by atoms with Crippen LogP contribution in [0.1, 0.15) is 35.3 Å². The predicted molar refractivity (Wildman–Crippen MR) is 90.4 cm³/mol. The number of rotatable bonds is 6. The van der Waals surface area contributed by atoms with Crippen molar-refractivity contribution in [3.05, 3.63) is 40.9 Å². The van der Waals surface area contributed by atoms with Gasteiger partial charge < -0.3 is 10.6 Å². The molecule has 3 rings (SSSR count). The lowest BCUT2D eigenvalue weighted by atomic mass is 10.1. The first-order valence-electron chi connectivity index (χ1n) is 7.72. The number of hydrogen-bond donors (Lipinski definition) is 2. The van der Waals surface area contributed by atoms with E-state index in [4.69, 9.17) is 0 Å². The number of thiophene rings is 1. The van der Waals surface area contributed by atoms with E-state index in [1.165, 1.54) is 0 Å². The Kier molecular flexibility index (Phi) is 4.71. The van der Waals surface area contributed by atoms with Crippen LogP contribution >= 0.6 is 11.3 Å². The van der Waals surface area contributed by atoms with Crippen molar-refractivity contribution in [3.8, 4) is 10.6 Å². The molecule has 0 spiro atoms. The number of hydrogen-bond acceptors (Lipinski definition) is 4. The minimum atomic E-state index is -0.188. The molecule has 5 nitrogen and oxygen atoms in total. The third-order valence-electron chi connectivity index (χ3n) is 3.68. The molecule has 0 bridgehead atoms. The Morgan fingerprint density at radius 1 is 1.30 bits per heavy atom. The number of carbonyl (C=O) groups is 2. The second-order valence-electron chi connectivity index (χ2n) is 5.65. The standard InChI is InChI=1S/C17H19N3O2S/c1-11-13(6-7-14(19-11)15-3-2-10-23-15)17(22)18-9-8-16(21)20-12-4-5-12/h2-3,6-7,10,12H,4-5,8-9H2,1H3,(H,18,22)(H,20,21). The van der Waals surface area contributed by atoms with Crippen LogP contribution in [-0.2, 0) is 4.79 Å². The number of amides is 2. The highest BCUT2D eigenvalue weighted by atomic mass is 32.1. The fourth-order valence-corrected chi connectivity index (χ4v) is 2.97. The molecule has 0 unspecified atom stereocenters. The molecule has 1 saturated carbocycles. The Hall–Kier alpha value is -2.21. The van der Waals surface area contributed by atoms with E-state index in [0.29, 0.717) is 30.3 Å². The fraction of sp³-hybridized carbons (Fsp3) is 0.353. The molecule has 0 aliphatic heterocycles. The summed E-state index contributed by atoms with van der Waals surface area (Å²) in [7, 11) is 0. The Bertz CT molecular complexity index is 709. The van der Waals surface area contributed by atoms with Gasteiger partial charge in [-0.05, 0) is 43.3 Å². The number of carbonyl (C=O) groups excluding carboxylic acids is 2. The maximum atomic E-state index is 12.2. The smallest absolute Gasteiger partial charge is 0.253 e. The lowest BCUT2D eigenvalue weighted by molar-refractivity contribution is -0.121. The lowest BCUT2D eigenvalue weighted by Crippen LogP contribution is -2.32. The predicted octanol–water partition coefficient (Wildman–Crippen LogP) is 2.52. The van der Waals surface area contributed by atoms with Gasteiger partial charge in [0.1, 0.15) is 0 Å². The molecule has 0 radical (unpaired) electrons. The molecule has 2 aromatic heterocycles. The Morgan fingerprint density at radius 2 is 2.13 bits per heavy atom. The highest BCUT2D eigenvalue weighted by Gasteiger charge is 2.22. The SMILES string of the molecule is Cc1nc(-c2cccs2)ccc1C(=O)NCCC(=O)NC1CC1. The maximum absolute atomic E-state index is 12.2. The van der Waals surface area contributed by atoms with Gasteiger partial charge in [-0.15, -0.1) is 11.3 Å². The largest absolute Gasteiger partial charge is 0.353 e. The Morgan fingerprint density at radius 3 is 2.78 bits per heavy atom. The van der Waals surface area contributed by atoms with E-state index in [0.717, 1.165) is 23.4 Å². The van der Waals surface area contributed by atoms with Gasteiger partial charge in [0.25, 0.3) is 5.91 Å². The third-order valence-corrected chi connectivity index (χ3v) is 4.58. The number of aryl methyl sites for hydroxylation is 1. The van der Waals surface area contributed by atoms with Gasteiger partial charge in [-0.25, -0.2) is 0 Å². The van der Waals surface area contributed by atoms with Crippen molar-refractivity contribution < 1.29 is 9.59 Å². The first kappa shape index (κ1) is 15.7. The van der Waals surface area contributed by atoms with Crippen LogP contribution in [0.15, 0.2) is 29.6 Å². The second kappa shape index (κ2) is 6.91. The molecular weight excluding hydrogens is 310 g/mol. The van der Waals surface area contributed by atoms with Crippen LogP contribution in [0.2, 0.25) is 0 Å². The summed E-state index contributed by atoms with van der Waals surface area (Å²) in [6.45, 7) is 2.16. The van der Waals surface area contributed by atoms with E-state index < -0.39 is 0 Å². The molecule has 2 N–H and O–H groups in total. The summed E-state index contributed by atoms with van der Waals surface area (Å²) in [5.41, 5.74) is 2.11. The molecule has 0 aromatic carbocycles. The van der Waals surface area contributed by atoms with Gasteiger partial charge in [0, 0.05) is 19.0 Å². The molecule has 2 amide bonds. The van der Waals surface area contributed by atoms with Gasteiger partial charge in [-0.2, -0.15) is 0 Å².